The third-order valence-electron chi connectivity index (χ3n) is 6.15. The van der Waals surface area contributed by atoms with E-state index in [-0.39, 0.29) is 12.1 Å². The summed E-state index contributed by atoms with van der Waals surface area (Å²) in [5.74, 6) is -0.137. The van der Waals surface area contributed by atoms with Crippen molar-refractivity contribution in [2.24, 2.45) is 0 Å². The standard InChI is InChI=1S/C29H56O4/c1-4-5-6-7-8-9-10-11-12-13-14-15-16-17-18-19-20-21-22-23-24-25-29(30)33-28(26-31-2)27-32-3/h11-12,28H,4-10,13-27H2,1-3H3/b12-11-. The third-order valence-corrected chi connectivity index (χ3v) is 6.15. The van der Waals surface area contributed by atoms with Gasteiger partial charge in [-0.25, -0.2) is 0 Å². The van der Waals surface area contributed by atoms with Crippen LogP contribution in [0.2, 0.25) is 0 Å². The van der Waals surface area contributed by atoms with E-state index in [1.165, 1.54) is 109 Å². The number of ether oxygens (including phenoxy) is 3. The van der Waals surface area contributed by atoms with Gasteiger partial charge in [-0.15, -0.1) is 0 Å². The van der Waals surface area contributed by atoms with E-state index in [4.69, 9.17) is 14.2 Å². The average Bonchev–Trinajstić information content (AvgIpc) is 2.80. The highest BCUT2D eigenvalue weighted by molar-refractivity contribution is 5.69. The molecule has 0 aromatic rings. The zero-order chi connectivity index (χ0) is 24.2. The number of hydrogen-bond acceptors (Lipinski definition) is 4. The van der Waals surface area contributed by atoms with Crippen molar-refractivity contribution >= 4 is 5.97 Å². The minimum Gasteiger partial charge on any atom is -0.457 e. The van der Waals surface area contributed by atoms with Crippen molar-refractivity contribution in [2.75, 3.05) is 27.4 Å². The molecule has 196 valence electrons. The molecule has 0 bridgehead atoms. The molecule has 33 heavy (non-hydrogen) atoms. The lowest BCUT2D eigenvalue weighted by molar-refractivity contribution is -0.154. The summed E-state index contributed by atoms with van der Waals surface area (Å²) in [4.78, 5) is 11.9. The van der Waals surface area contributed by atoms with E-state index >= 15 is 0 Å². The number of allylic oxidation sites excluding steroid dienone is 2. The van der Waals surface area contributed by atoms with E-state index in [0.29, 0.717) is 19.6 Å². The monoisotopic (exact) mass is 468 g/mol. The summed E-state index contributed by atoms with van der Waals surface area (Å²) in [6.07, 6.45) is 30.0. The maximum absolute atomic E-state index is 11.9. The predicted molar refractivity (Wildman–Crippen MR) is 141 cm³/mol. The second kappa shape index (κ2) is 27.4. The van der Waals surface area contributed by atoms with Gasteiger partial charge < -0.3 is 14.2 Å². The summed E-state index contributed by atoms with van der Waals surface area (Å²) in [5.41, 5.74) is 0. The summed E-state index contributed by atoms with van der Waals surface area (Å²) >= 11 is 0. The summed E-state index contributed by atoms with van der Waals surface area (Å²) in [5, 5.41) is 0. The molecule has 0 aliphatic rings. The van der Waals surface area contributed by atoms with Gasteiger partial charge in [-0.2, -0.15) is 0 Å². The first-order valence-corrected chi connectivity index (χ1v) is 14.1. The van der Waals surface area contributed by atoms with E-state index in [0.717, 1.165) is 12.8 Å². The molecule has 0 saturated carbocycles. The molecule has 0 saturated heterocycles. The van der Waals surface area contributed by atoms with Crippen molar-refractivity contribution in [3.8, 4) is 0 Å². The predicted octanol–water partition coefficient (Wildman–Crippen LogP) is 8.57. The SMILES string of the molecule is CCCCCCCC/C=C\CCCCCCCCCCCCCC(=O)OC(COC)COC. The van der Waals surface area contributed by atoms with Crippen LogP contribution in [0.3, 0.4) is 0 Å². The molecular weight excluding hydrogens is 412 g/mol. The van der Waals surface area contributed by atoms with E-state index in [9.17, 15) is 4.79 Å². The zero-order valence-electron chi connectivity index (χ0n) is 22.4. The molecule has 4 heteroatoms. The molecule has 0 amide bonds. The van der Waals surface area contributed by atoms with Crippen LogP contribution in [0.5, 0.6) is 0 Å². The first-order chi connectivity index (χ1) is 16.2. The second-order valence-corrected chi connectivity index (χ2v) is 9.48. The highest BCUT2D eigenvalue weighted by Crippen LogP contribution is 2.13. The molecule has 0 N–H and O–H groups in total. The number of rotatable bonds is 26. The zero-order valence-corrected chi connectivity index (χ0v) is 22.4. The van der Waals surface area contributed by atoms with Gasteiger partial charge in [0.2, 0.25) is 0 Å². The molecule has 0 aliphatic carbocycles. The van der Waals surface area contributed by atoms with Gasteiger partial charge in [0.15, 0.2) is 0 Å². The molecule has 0 spiro atoms. The van der Waals surface area contributed by atoms with Crippen LogP contribution in [0.1, 0.15) is 135 Å². The highest BCUT2D eigenvalue weighted by atomic mass is 16.6. The lowest BCUT2D eigenvalue weighted by Crippen LogP contribution is -2.27. The average molecular weight is 469 g/mol. The van der Waals surface area contributed by atoms with Gasteiger partial charge in [0.25, 0.3) is 0 Å². The maximum atomic E-state index is 11.9. The Morgan fingerprint density at radius 3 is 1.42 bits per heavy atom. The lowest BCUT2D eigenvalue weighted by atomic mass is 10.0. The molecule has 0 unspecified atom stereocenters. The Bertz CT molecular complexity index is 416. The Morgan fingerprint density at radius 2 is 1.00 bits per heavy atom. The maximum Gasteiger partial charge on any atom is 0.306 e. The van der Waals surface area contributed by atoms with Crippen molar-refractivity contribution in [3.05, 3.63) is 12.2 Å². The molecule has 4 nitrogen and oxygen atoms in total. The molecule has 0 aliphatic heterocycles. The van der Waals surface area contributed by atoms with Crippen LogP contribution in [0.4, 0.5) is 0 Å². The van der Waals surface area contributed by atoms with Crippen molar-refractivity contribution in [3.63, 3.8) is 0 Å². The van der Waals surface area contributed by atoms with E-state index in [2.05, 4.69) is 19.1 Å². The van der Waals surface area contributed by atoms with Crippen LogP contribution in [-0.4, -0.2) is 39.5 Å². The molecule has 0 rings (SSSR count). The molecule has 0 radical (unpaired) electrons. The molecule has 0 aromatic carbocycles. The first-order valence-electron chi connectivity index (χ1n) is 14.1. The Morgan fingerprint density at radius 1 is 0.606 bits per heavy atom. The fraction of sp³-hybridized carbons (Fsp3) is 0.897. The van der Waals surface area contributed by atoms with E-state index < -0.39 is 0 Å². The van der Waals surface area contributed by atoms with Crippen LogP contribution in [-0.2, 0) is 19.0 Å². The number of methoxy groups -OCH3 is 2. The minimum atomic E-state index is -0.293. The van der Waals surface area contributed by atoms with Gasteiger partial charge in [-0.05, 0) is 32.1 Å². The summed E-state index contributed by atoms with van der Waals surface area (Å²) in [6.45, 7) is 3.05. The fourth-order valence-electron chi connectivity index (χ4n) is 4.13. The third kappa shape index (κ3) is 25.6. The topological polar surface area (TPSA) is 44.8 Å². The van der Waals surface area contributed by atoms with Crippen molar-refractivity contribution < 1.29 is 19.0 Å². The van der Waals surface area contributed by atoms with Crippen LogP contribution in [0.15, 0.2) is 12.2 Å². The van der Waals surface area contributed by atoms with Crippen LogP contribution >= 0.6 is 0 Å². The number of carbonyl (C=O) groups is 1. The summed E-state index contributed by atoms with van der Waals surface area (Å²) in [6, 6.07) is 0. The quantitative estimate of drug-likeness (QED) is 0.0724. The normalized spacial score (nSPS) is 11.6. The minimum absolute atomic E-state index is 0.137. The fourth-order valence-corrected chi connectivity index (χ4v) is 4.13. The van der Waals surface area contributed by atoms with Gasteiger partial charge in [-0.3, -0.25) is 4.79 Å². The van der Waals surface area contributed by atoms with E-state index in [1.807, 2.05) is 0 Å². The molecule has 0 fully saturated rings. The van der Waals surface area contributed by atoms with Crippen LogP contribution in [0.25, 0.3) is 0 Å². The van der Waals surface area contributed by atoms with Crippen molar-refractivity contribution in [2.45, 2.75) is 141 Å². The van der Waals surface area contributed by atoms with Gasteiger partial charge in [0.1, 0.15) is 6.10 Å². The largest absolute Gasteiger partial charge is 0.457 e. The van der Waals surface area contributed by atoms with Crippen LogP contribution in [0, 0.1) is 0 Å². The molecule has 0 aromatic heterocycles. The Kier molecular flexibility index (Phi) is 26.7. The van der Waals surface area contributed by atoms with Crippen molar-refractivity contribution in [1.82, 2.24) is 0 Å². The number of hydrogen-bond donors (Lipinski definition) is 0. The first kappa shape index (κ1) is 32.1. The van der Waals surface area contributed by atoms with Gasteiger partial charge in [0.05, 0.1) is 13.2 Å². The highest BCUT2D eigenvalue weighted by Gasteiger charge is 2.13. The van der Waals surface area contributed by atoms with E-state index in [1.54, 1.807) is 14.2 Å². The van der Waals surface area contributed by atoms with Gasteiger partial charge >= 0.3 is 5.97 Å². The molecule has 0 heterocycles. The lowest BCUT2D eigenvalue weighted by Gasteiger charge is -2.16. The summed E-state index contributed by atoms with van der Waals surface area (Å²) < 4.78 is 15.5. The van der Waals surface area contributed by atoms with Gasteiger partial charge in [-0.1, -0.05) is 109 Å². The second-order valence-electron chi connectivity index (χ2n) is 9.48. The van der Waals surface area contributed by atoms with Gasteiger partial charge in [0, 0.05) is 20.6 Å². The number of carbonyl (C=O) groups excluding carboxylic acids is 1. The van der Waals surface area contributed by atoms with Crippen molar-refractivity contribution in [1.29, 1.82) is 0 Å². The Labute approximate surface area is 206 Å². The Hall–Kier alpha value is -0.870. The molecule has 0 atom stereocenters. The summed E-state index contributed by atoms with van der Waals surface area (Å²) in [7, 11) is 3.21. The smallest absolute Gasteiger partial charge is 0.306 e. The van der Waals surface area contributed by atoms with Crippen LogP contribution < -0.4 is 0 Å². The number of esters is 1. The number of unbranched alkanes of at least 4 members (excludes halogenated alkanes) is 17. The Balaban J connectivity index is 3.28. The molecular formula is C29H56O4.